The van der Waals surface area contributed by atoms with Gasteiger partial charge in [0.05, 0.1) is 36.0 Å². The van der Waals surface area contributed by atoms with E-state index < -0.39 is 10.0 Å². The highest BCUT2D eigenvalue weighted by Gasteiger charge is 2.22. The Morgan fingerprint density at radius 1 is 1.11 bits per heavy atom. The van der Waals surface area contributed by atoms with E-state index in [1.54, 1.807) is 30.3 Å². The van der Waals surface area contributed by atoms with E-state index in [-0.39, 0.29) is 4.90 Å². The molecule has 1 heterocycles. The molecule has 0 saturated heterocycles. The number of benzene rings is 2. The van der Waals surface area contributed by atoms with E-state index in [0.29, 0.717) is 49.3 Å². The van der Waals surface area contributed by atoms with Gasteiger partial charge in [0.15, 0.2) is 0 Å². The van der Waals surface area contributed by atoms with Gasteiger partial charge in [-0.2, -0.15) is 0 Å². The Bertz CT molecular complexity index is 914. The van der Waals surface area contributed by atoms with Crippen molar-refractivity contribution in [3.05, 3.63) is 36.4 Å². The van der Waals surface area contributed by atoms with Crippen molar-refractivity contribution in [2.75, 3.05) is 43.0 Å². The number of fused-ring (bicyclic) bond motifs is 1. The van der Waals surface area contributed by atoms with E-state index in [1.807, 2.05) is 25.8 Å². The smallest absolute Gasteiger partial charge is 0.262 e. The molecular formula is C19H24N2O5S. The van der Waals surface area contributed by atoms with Crippen LogP contribution in [0.5, 0.6) is 17.2 Å². The number of nitrogens with zero attached hydrogens (tertiary/aromatic N) is 1. The highest BCUT2D eigenvalue weighted by molar-refractivity contribution is 7.92. The average Bonchev–Trinajstić information content (AvgIpc) is 2.64. The van der Waals surface area contributed by atoms with Crippen molar-refractivity contribution in [1.82, 2.24) is 0 Å². The highest BCUT2D eigenvalue weighted by atomic mass is 32.2. The van der Waals surface area contributed by atoms with Crippen LogP contribution < -0.4 is 23.8 Å². The standard InChI is InChI=1S/C19H24N2O5S/c1-4-24-14-6-8-18(25-5-2)16(12-14)20-27(22,23)15-7-9-19-17(13-15)21(3)10-11-26-19/h6-9,12-13,20H,4-5,10-11H2,1-3H3. The number of hydrogen-bond acceptors (Lipinski definition) is 6. The van der Waals surface area contributed by atoms with Gasteiger partial charge in [0, 0.05) is 13.1 Å². The maximum absolute atomic E-state index is 13.0. The summed E-state index contributed by atoms with van der Waals surface area (Å²) in [5.74, 6) is 1.69. The minimum absolute atomic E-state index is 0.155. The summed E-state index contributed by atoms with van der Waals surface area (Å²) in [6, 6.07) is 9.90. The van der Waals surface area contributed by atoms with Gasteiger partial charge in [0.1, 0.15) is 23.9 Å². The molecule has 0 spiro atoms. The molecule has 146 valence electrons. The third kappa shape index (κ3) is 4.21. The van der Waals surface area contributed by atoms with Crippen LogP contribution in [-0.2, 0) is 10.0 Å². The maximum Gasteiger partial charge on any atom is 0.262 e. The van der Waals surface area contributed by atoms with Gasteiger partial charge < -0.3 is 19.1 Å². The van der Waals surface area contributed by atoms with Gasteiger partial charge in [-0.3, -0.25) is 4.72 Å². The van der Waals surface area contributed by atoms with Gasteiger partial charge in [0.2, 0.25) is 0 Å². The average molecular weight is 392 g/mol. The number of nitrogens with one attached hydrogen (secondary N) is 1. The topological polar surface area (TPSA) is 77.1 Å². The molecular weight excluding hydrogens is 368 g/mol. The third-order valence-electron chi connectivity index (χ3n) is 4.14. The summed E-state index contributed by atoms with van der Waals surface area (Å²) in [7, 11) is -1.90. The van der Waals surface area contributed by atoms with E-state index in [1.165, 1.54) is 6.07 Å². The monoisotopic (exact) mass is 392 g/mol. The SMILES string of the molecule is CCOc1ccc(OCC)c(NS(=O)(=O)c2ccc3c(c2)N(C)CCO3)c1. The van der Waals surface area contributed by atoms with Crippen molar-refractivity contribution in [3.63, 3.8) is 0 Å². The van der Waals surface area contributed by atoms with Crippen LogP contribution in [0, 0.1) is 0 Å². The molecule has 27 heavy (non-hydrogen) atoms. The Balaban J connectivity index is 1.94. The normalized spacial score (nSPS) is 13.5. The largest absolute Gasteiger partial charge is 0.494 e. The molecule has 0 amide bonds. The summed E-state index contributed by atoms with van der Waals surface area (Å²) in [6.45, 7) is 5.89. The van der Waals surface area contributed by atoms with E-state index >= 15 is 0 Å². The third-order valence-corrected chi connectivity index (χ3v) is 5.51. The molecule has 0 aliphatic carbocycles. The summed E-state index contributed by atoms with van der Waals surface area (Å²) in [5, 5.41) is 0. The summed E-state index contributed by atoms with van der Waals surface area (Å²) >= 11 is 0. The molecule has 0 saturated carbocycles. The van der Waals surface area contributed by atoms with Crippen molar-refractivity contribution >= 4 is 21.4 Å². The van der Waals surface area contributed by atoms with Gasteiger partial charge >= 0.3 is 0 Å². The molecule has 3 rings (SSSR count). The van der Waals surface area contributed by atoms with Crippen LogP contribution in [0.4, 0.5) is 11.4 Å². The molecule has 0 unspecified atom stereocenters. The Kier molecular flexibility index (Phi) is 5.65. The van der Waals surface area contributed by atoms with Gasteiger partial charge in [-0.15, -0.1) is 0 Å². The first-order valence-electron chi connectivity index (χ1n) is 8.85. The quantitative estimate of drug-likeness (QED) is 0.780. The second kappa shape index (κ2) is 7.96. The van der Waals surface area contributed by atoms with Crippen molar-refractivity contribution in [1.29, 1.82) is 0 Å². The number of rotatable bonds is 7. The molecule has 0 aromatic heterocycles. The Labute approximate surface area is 159 Å². The van der Waals surface area contributed by atoms with Crippen LogP contribution in [0.1, 0.15) is 13.8 Å². The Morgan fingerprint density at radius 3 is 2.63 bits per heavy atom. The fourth-order valence-corrected chi connectivity index (χ4v) is 3.91. The first kappa shape index (κ1) is 19.2. The predicted octanol–water partition coefficient (Wildman–Crippen LogP) is 3.11. The van der Waals surface area contributed by atoms with Crippen molar-refractivity contribution < 1.29 is 22.6 Å². The van der Waals surface area contributed by atoms with Crippen LogP contribution >= 0.6 is 0 Å². The van der Waals surface area contributed by atoms with E-state index in [0.717, 1.165) is 5.69 Å². The zero-order valence-corrected chi connectivity index (χ0v) is 16.5. The maximum atomic E-state index is 13.0. The van der Waals surface area contributed by atoms with Crippen LogP contribution in [0.3, 0.4) is 0 Å². The number of sulfonamides is 1. The fourth-order valence-electron chi connectivity index (χ4n) is 2.83. The lowest BCUT2D eigenvalue weighted by molar-refractivity contribution is 0.311. The van der Waals surface area contributed by atoms with Crippen molar-refractivity contribution in [3.8, 4) is 17.2 Å². The molecule has 0 bridgehead atoms. The molecule has 2 aromatic rings. The molecule has 7 nitrogen and oxygen atoms in total. The molecule has 0 atom stereocenters. The summed E-state index contributed by atoms with van der Waals surface area (Å²) in [5.41, 5.74) is 1.09. The second-order valence-corrected chi connectivity index (χ2v) is 7.71. The van der Waals surface area contributed by atoms with E-state index in [2.05, 4.69) is 4.72 Å². The van der Waals surface area contributed by atoms with Crippen LogP contribution in [0.15, 0.2) is 41.3 Å². The minimum Gasteiger partial charge on any atom is -0.494 e. The lowest BCUT2D eigenvalue weighted by atomic mass is 10.2. The second-order valence-electron chi connectivity index (χ2n) is 6.03. The minimum atomic E-state index is -3.81. The van der Waals surface area contributed by atoms with E-state index in [4.69, 9.17) is 14.2 Å². The van der Waals surface area contributed by atoms with Crippen LogP contribution in [0.2, 0.25) is 0 Å². The lowest BCUT2D eigenvalue weighted by Gasteiger charge is -2.28. The van der Waals surface area contributed by atoms with Gasteiger partial charge in [-0.25, -0.2) is 8.42 Å². The lowest BCUT2D eigenvalue weighted by Crippen LogP contribution is -2.29. The fraction of sp³-hybridized carbons (Fsp3) is 0.368. The zero-order valence-electron chi connectivity index (χ0n) is 15.7. The number of likely N-dealkylation sites (N-methyl/N-ethyl adjacent to an activating group) is 1. The van der Waals surface area contributed by atoms with Gasteiger partial charge in [-0.05, 0) is 44.2 Å². The number of anilines is 2. The molecule has 1 aliphatic rings. The molecule has 2 aromatic carbocycles. The van der Waals surface area contributed by atoms with Crippen LogP contribution in [0.25, 0.3) is 0 Å². The van der Waals surface area contributed by atoms with Gasteiger partial charge in [0.25, 0.3) is 10.0 Å². The highest BCUT2D eigenvalue weighted by Crippen LogP contribution is 2.35. The van der Waals surface area contributed by atoms with E-state index in [9.17, 15) is 8.42 Å². The zero-order chi connectivity index (χ0) is 19.4. The Hall–Kier alpha value is -2.61. The first-order valence-corrected chi connectivity index (χ1v) is 10.3. The number of hydrogen-bond donors (Lipinski definition) is 1. The molecule has 8 heteroatoms. The summed E-state index contributed by atoms with van der Waals surface area (Å²) < 4.78 is 45.1. The Morgan fingerprint density at radius 2 is 1.89 bits per heavy atom. The predicted molar refractivity (Wildman–Crippen MR) is 105 cm³/mol. The van der Waals surface area contributed by atoms with Gasteiger partial charge in [-0.1, -0.05) is 0 Å². The summed E-state index contributed by atoms with van der Waals surface area (Å²) in [4.78, 5) is 2.13. The molecule has 0 radical (unpaired) electrons. The summed E-state index contributed by atoms with van der Waals surface area (Å²) in [6.07, 6.45) is 0. The van der Waals surface area contributed by atoms with Crippen molar-refractivity contribution in [2.45, 2.75) is 18.7 Å². The number of ether oxygens (including phenoxy) is 3. The molecule has 1 aliphatic heterocycles. The van der Waals surface area contributed by atoms with Crippen molar-refractivity contribution in [2.24, 2.45) is 0 Å². The molecule has 1 N–H and O–H groups in total. The first-order chi connectivity index (χ1) is 12.9. The van der Waals surface area contributed by atoms with Crippen LogP contribution in [-0.4, -0.2) is 41.8 Å². The molecule has 0 fully saturated rings.